The minimum Gasteiger partial charge on any atom is -0.312 e. The summed E-state index contributed by atoms with van der Waals surface area (Å²) in [7, 11) is 0. The lowest BCUT2D eigenvalue weighted by Gasteiger charge is -2.15. The molecule has 0 saturated heterocycles. The number of nitrogens with one attached hydrogen (secondary N) is 2. The van der Waals surface area contributed by atoms with E-state index in [0.717, 1.165) is 48.7 Å². The molecule has 1 aliphatic rings. The summed E-state index contributed by atoms with van der Waals surface area (Å²) in [6, 6.07) is 4.28. The number of aromatic nitrogens is 4. The SMILES string of the molecule is C=CCc1c(C)cc(-n2nc3c(c2-n2cc[nH]c2=O)CNCC3)cc1C. The number of imidazole rings is 1. The fourth-order valence-corrected chi connectivity index (χ4v) is 3.76. The van der Waals surface area contributed by atoms with Gasteiger partial charge in [-0.1, -0.05) is 6.08 Å². The number of fused-ring (bicyclic) bond motifs is 1. The van der Waals surface area contributed by atoms with E-state index in [4.69, 9.17) is 5.10 Å². The number of H-pyrrole nitrogens is 1. The first-order valence-electron chi connectivity index (χ1n) is 8.89. The van der Waals surface area contributed by atoms with Crippen molar-refractivity contribution in [3.8, 4) is 11.5 Å². The summed E-state index contributed by atoms with van der Waals surface area (Å²) in [5.41, 5.74) is 6.67. The van der Waals surface area contributed by atoms with Crippen LogP contribution in [0, 0.1) is 13.8 Å². The van der Waals surface area contributed by atoms with E-state index in [1.165, 1.54) is 16.7 Å². The maximum absolute atomic E-state index is 12.3. The molecule has 0 amide bonds. The molecule has 0 aliphatic carbocycles. The smallest absolute Gasteiger partial charge is 0.312 e. The Kier molecular flexibility index (Phi) is 4.12. The van der Waals surface area contributed by atoms with Gasteiger partial charge in [-0.3, -0.25) is 4.57 Å². The number of aromatic amines is 1. The molecule has 2 aromatic heterocycles. The largest absolute Gasteiger partial charge is 0.331 e. The molecular formula is C20H23N5O. The van der Waals surface area contributed by atoms with Gasteiger partial charge < -0.3 is 10.3 Å². The third kappa shape index (κ3) is 2.63. The molecule has 6 heteroatoms. The van der Waals surface area contributed by atoms with Crippen molar-refractivity contribution in [2.45, 2.75) is 33.2 Å². The molecule has 6 nitrogen and oxygen atoms in total. The van der Waals surface area contributed by atoms with Crippen LogP contribution in [0.15, 0.2) is 42.0 Å². The Morgan fingerprint density at radius 3 is 2.73 bits per heavy atom. The number of allylic oxidation sites excluding steroid dienone is 1. The van der Waals surface area contributed by atoms with Gasteiger partial charge in [-0.2, -0.15) is 5.10 Å². The zero-order chi connectivity index (χ0) is 18.3. The second-order valence-corrected chi connectivity index (χ2v) is 6.77. The minimum atomic E-state index is -0.156. The highest BCUT2D eigenvalue weighted by atomic mass is 16.1. The van der Waals surface area contributed by atoms with Crippen molar-refractivity contribution >= 4 is 0 Å². The fraction of sp³-hybridized carbons (Fsp3) is 0.300. The highest BCUT2D eigenvalue weighted by Crippen LogP contribution is 2.27. The summed E-state index contributed by atoms with van der Waals surface area (Å²) in [4.78, 5) is 15.0. The molecule has 0 spiro atoms. The first-order valence-corrected chi connectivity index (χ1v) is 8.89. The lowest BCUT2D eigenvalue weighted by molar-refractivity contribution is 0.634. The summed E-state index contributed by atoms with van der Waals surface area (Å²) in [6.45, 7) is 9.70. The molecule has 26 heavy (non-hydrogen) atoms. The van der Waals surface area contributed by atoms with Crippen molar-refractivity contribution in [2.75, 3.05) is 6.54 Å². The van der Waals surface area contributed by atoms with Gasteiger partial charge in [0.05, 0.1) is 11.4 Å². The maximum Gasteiger partial charge on any atom is 0.331 e. The van der Waals surface area contributed by atoms with Gasteiger partial charge >= 0.3 is 5.69 Å². The third-order valence-electron chi connectivity index (χ3n) is 5.03. The molecule has 1 aromatic carbocycles. The standard InChI is InChI=1S/C20H23N5O/c1-4-5-16-13(2)10-15(11-14(16)3)25-19(24-9-8-22-20(24)26)17-12-21-7-6-18(17)23-25/h4,8-11,21H,1,5-7,12H2,2-3H3,(H,22,26). The number of aryl methyl sites for hydroxylation is 2. The Bertz CT molecular complexity index is 1010. The second kappa shape index (κ2) is 6.46. The number of nitrogens with zero attached hydrogens (tertiary/aromatic N) is 3. The van der Waals surface area contributed by atoms with E-state index in [-0.39, 0.29) is 5.69 Å². The van der Waals surface area contributed by atoms with Gasteiger partial charge in [0.2, 0.25) is 0 Å². The first-order chi connectivity index (χ1) is 12.6. The van der Waals surface area contributed by atoms with Gasteiger partial charge in [0.25, 0.3) is 0 Å². The quantitative estimate of drug-likeness (QED) is 0.711. The summed E-state index contributed by atoms with van der Waals surface area (Å²) in [6.07, 6.45) is 7.06. The van der Waals surface area contributed by atoms with Crippen LogP contribution in [0.5, 0.6) is 0 Å². The molecule has 3 heterocycles. The molecule has 2 N–H and O–H groups in total. The maximum atomic E-state index is 12.3. The van der Waals surface area contributed by atoms with Crippen molar-refractivity contribution in [1.82, 2.24) is 24.6 Å². The summed E-state index contributed by atoms with van der Waals surface area (Å²) >= 11 is 0. The topological polar surface area (TPSA) is 67.6 Å². The van der Waals surface area contributed by atoms with E-state index in [1.54, 1.807) is 17.0 Å². The van der Waals surface area contributed by atoms with Crippen LogP contribution < -0.4 is 11.0 Å². The summed E-state index contributed by atoms with van der Waals surface area (Å²) in [5.74, 6) is 0.814. The van der Waals surface area contributed by atoms with Crippen molar-refractivity contribution < 1.29 is 0 Å². The third-order valence-corrected chi connectivity index (χ3v) is 5.03. The number of rotatable bonds is 4. The van der Waals surface area contributed by atoms with E-state index < -0.39 is 0 Å². The van der Waals surface area contributed by atoms with Gasteiger partial charge in [-0.25, -0.2) is 9.48 Å². The van der Waals surface area contributed by atoms with Crippen LogP contribution in [-0.4, -0.2) is 25.9 Å². The number of hydrogen-bond acceptors (Lipinski definition) is 3. The molecule has 134 valence electrons. The lowest BCUT2D eigenvalue weighted by atomic mass is 9.99. The zero-order valence-electron chi connectivity index (χ0n) is 15.2. The average Bonchev–Trinajstić information content (AvgIpc) is 3.20. The molecule has 1 aliphatic heterocycles. The average molecular weight is 349 g/mol. The summed E-state index contributed by atoms with van der Waals surface area (Å²) in [5, 5.41) is 8.24. The monoisotopic (exact) mass is 349 g/mol. The predicted octanol–water partition coefficient (Wildman–Crippen LogP) is 2.34. The van der Waals surface area contributed by atoms with Crippen molar-refractivity contribution in [2.24, 2.45) is 0 Å². The number of benzene rings is 1. The Labute approximate surface area is 152 Å². The van der Waals surface area contributed by atoms with Crippen molar-refractivity contribution in [3.63, 3.8) is 0 Å². The van der Waals surface area contributed by atoms with E-state index in [1.807, 2.05) is 10.8 Å². The first kappa shape index (κ1) is 16.6. The summed E-state index contributed by atoms with van der Waals surface area (Å²) < 4.78 is 3.55. The Morgan fingerprint density at radius 2 is 2.08 bits per heavy atom. The lowest BCUT2D eigenvalue weighted by Crippen LogP contribution is -2.25. The zero-order valence-corrected chi connectivity index (χ0v) is 15.2. The molecule has 0 bridgehead atoms. The van der Waals surface area contributed by atoms with Crippen LogP contribution in [-0.2, 0) is 19.4 Å². The van der Waals surface area contributed by atoms with Crippen LogP contribution in [0.3, 0.4) is 0 Å². The van der Waals surface area contributed by atoms with Crippen LogP contribution in [0.2, 0.25) is 0 Å². The van der Waals surface area contributed by atoms with Crippen LogP contribution >= 0.6 is 0 Å². The molecule has 3 aromatic rings. The second-order valence-electron chi connectivity index (χ2n) is 6.77. The van der Waals surface area contributed by atoms with Crippen LogP contribution in [0.25, 0.3) is 11.5 Å². The molecule has 0 atom stereocenters. The minimum absolute atomic E-state index is 0.156. The van der Waals surface area contributed by atoms with Gasteiger partial charge in [-0.05, 0) is 49.1 Å². The van der Waals surface area contributed by atoms with Gasteiger partial charge in [0.15, 0.2) is 0 Å². The molecule has 0 saturated carbocycles. The Balaban J connectivity index is 1.95. The normalized spacial score (nSPS) is 13.6. The molecule has 0 unspecified atom stereocenters. The van der Waals surface area contributed by atoms with E-state index >= 15 is 0 Å². The molecule has 0 fully saturated rings. The van der Waals surface area contributed by atoms with Gasteiger partial charge in [0, 0.05) is 37.5 Å². The highest BCUT2D eigenvalue weighted by molar-refractivity contribution is 5.51. The van der Waals surface area contributed by atoms with E-state index in [9.17, 15) is 4.79 Å². The molecule has 0 radical (unpaired) electrons. The highest BCUT2D eigenvalue weighted by Gasteiger charge is 2.24. The van der Waals surface area contributed by atoms with E-state index in [2.05, 4.69) is 42.9 Å². The van der Waals surface area contributed by atoms with Crippen molar-refractivity contribution in [3.05, 3.63) is 75.6 Å². The van der Waals surface area contributed by atoms with Gasteiger partial charge in [-0.15, -0.1) is 6.58 Å². The van der Waals surface area contributed by atoms with E-state index in [0.29, 0.717) is 0 Å². The van der Waals surface area contributed by atoms with Gasteiger partial charge in [0.1, 0.15) is 5.82 Å². The number of hydrogen-bond donors (Lipinski definition) is 2. The van der Waals surface area contributed by atoms with Crippen LogP contribution in [0.4, 0.5) is 0 Å². The Hall–Kier alpha value is -2.86. The fourth-order valence-electron chi connectivity index (χ4n) is 3.76. The molecule has 4 rings (SSSR count). The predicted molar refractivity (Wildman–Crippen MR) is 102 cm³/mol. The molecular weight excluding hydrogens is 326 g/mol. The van der Waals surface area contributed by atoms with Crippen LogP contribution in [0.1, 0.15) is 27.9 Å². The Morgan fingerprint density at radius 1 is 1.31 bits per heavy atom. The van der Waals surface area contributed by atoms with Crippen molar-refractivity contribution in [1.29, 1.82) is 0 Å².